The zero-order chi connectivity index (χ0) is 20.9. The topological polar surface area (TPSA) is 44.8 Å². The van der Waals surface area contributed by atoms with Gasteiger partial charge in [0.1, 0.15) is 5.75 Å². The van der Waals surface area contributed by atoms with Gasteiger partial charge >= 0.3 is 6.03 Å². The Labute approximate surface area is 186 Å². The van der Waals surface area contributed by atoms with E-state index in [1.54, 1.807) is 0 Å². The number of piperidine rings is 1. The van der Waals surface area contributed by atoms with Gasteiger partial charge in [0.2, 0.25) is 0 Å². The summed E-state index contributed by atoms with van der Waals surface area (Å²) in [7, 11) is 0. The minimum Gasteiger partial charge on any atom is -0.494 e. The number of rotatable bonds is 7. The smallest absolute Gasteiger partial charge is 0.318 e. The SMILES string of the molecule is CCOc1ccc(Cl)c(CC2CCN(CC3CN(C4CCCCC4)C(=O)N3)CC2)c1. The van der Waals surface area contributed by atoms with Crippen LogP contribution in [0.2, 0.25) is 5.02 Å². The van der Waals surface area contributed by atoms with Crippen molar-refractivity contribution in [2.24, 2.45) is 5.92 Å². The van der Waals surface area contributed by atoms with Crippen LogP contribution in [0.15, 0.2) is 18.2 Å². The van der Waals surface area contributed by atoms with Crippen molar-refractivity contribution in [2.75, 3.05) is 32.8 Å². The van der Waals surface area contributed by atoms with E-state index in [1.165, 1.54) is 50.5 Å². The van der Waals surface area contributed by atoms with E-state index < -0.39 is 0 Å². The molecule has 2 saturated heterocycles. The van der Waals surface area contributed by atoms with Crippen molar-refractivity contribution in [3.63, 3.8) is 0 Å². The lowest BCUT2D eigenvalue weighted by atomic mass is 9.90. The second-order valence-corrected chi connectivity index (χ2v) is 9.63. The molecule has 0 bridgehead atoms. The fourth-order valence-electron chi connectivity index (χ4n) is 5.39. The number of urea groups is 1. The number of amides is 2. The second-order valence-electron chi connectivity index (χ2n) is 9.22. The Kier molecular flexibility index (Phi) is 7.42. The van der Waals surface area contributed by atoms with Crippen molar-refractivity contribution in [1.29, 1.82) is 0 Å². The van der Waals surface area contributed by atoms with E-state index in [2.05, 4.69) is 21.2 Å². The summed E-state index contributed by atoms with van der Waals surface area (Å²) < 4.78 is 5.64. The summed E-state index contributed by atoms with van der Waals surface area (Å²) in [5, 5.41) is 4.08. The van der Waals surface area contributed by atoms with Crippen LogP contribution in [0.25, 0.3) is 0 Å². The molecule has 6 heteroatoms. The summed E-state index contributed by atoms with van der Waals surface area (Å²) in [6.45, 7) is 6.73. The van der Waals surface area contributed by atoms with Gasteiger partial charge in [0.05, 0.1) is 12.6 Å². The lowest BCUT2D eigenvalue weighted by Crippen LogP contribution is -2.43. The van der Waals surface area contributed by atoms with Gasteiger partial charge in [0.15, 0.2) is 0 Å². The van der Waals surface area contributed by atoms with Crippen LogP contribution >= 0.6 is 11.6 Å². The van der Waals surface area contributed by atoms with E-state index in [0.29, 0.717) is 18.6 Å². The quantitative estimate of drug-likeness (QED) is 0.676. The first-order valence-corrected chi connectivity index (χ1v) is 12.2. The Morgan fingerprint density at radius 3 is 2.63 bits per heavy atom. The van der Waals surface area contributed by atoms with Gasteiger partial charge in [-0.1, -0.05) is 30.9 Å². The first-order chi connectivity index (χ1) is 14.6. The van der Waals surface area contributed by atoms with Gasteiger partial charge in [-0.2, -0.15) is 0 Å². The standard InChI is InChI=1S/C24H36ClN3O2/c1-2-30-22-8-9-23(25)19(15-22)14-18-10-12-27(13-11-18)16-20-17-28(24(29)26-20)21-6-4-3-5-7-21/h8-9,15,18,20-21H,2-7,10-14,16-17H2,1H3,(H,26,29). The zero-order valence-corrected chi connectivity index (χ0v) is 19.0. The van der Waals surface area contributed by atoms with Crippen molar-refractivity contribution in [1.82, 2.24) is 15.1 Å². The molecule has 1 aromatic carbocycles. The molecule has 166 valence electrons. The second kappa shape index (κ2) is 10.2. The number of halogens is 1. The average molecular weight is 434 g/mol. The molecule has 0 radical (unpaired) electrons. The van der Waals surface area contributed by atoms with E-state index in [1.807, 2.05) is 19.1 Å². The highest BCUT2D eigenvalue weighted by Gasteiger charge is 2.35. The molecule has 3 aliphatic rings. The Bertz CT molecular complexity index is 714. The first kappa shape index (κ1) is 21.8. The Hall–Kier alpha value is -1.46. The molecule has 2 aliphatic heterocycles. The maximum atomic E-state index is 12.5. The van der Waals surface area contributed by atoms with Gasteiger partial charge in [-0.05, 0) is 81.8 Å². The predicted molar refractivity (Wildman–Crippen MR) is 121 cm³/mol. The van der Waals surface area contributed by atoms with Crippen LogP contribution in [-0.4, -0.2) is 60.7 Å². The van der Waals surface area contributed by atoms with Gasteiger partial charge in [-0.15, -0.1) is 0 Å². The highest BCUT2D eigenvalue weighted by Crippen LogP contribution is 2.29. The van der Waals surface area contributed by atoms with Crippen LogP contribution in [-0.2, 0) is 6.42 Å². The number of nitrogens with one attached hydrogen (secondary N) is 1. The Morgan fingerprint density at radius 1 is 1.13 bits per heavy atom. The molecule has 1 aromatic rings. The summed E-state index contributed by atoms with van der Waals surface area (Å²) in [5.41, 5.74) is 1.20. The van der Waals surface area contributed by atoms with Crippen molar-refractivity contribution in [3.8, 4) is 5.75 Å². The fourth-order valence-corrected chi connectivity index (χ4v) is 5.59. The molecule has 1 N–H and O–H groups in total. The number of ether oxygens (including phenoxy) is 1. The monoisotopic (exact) mass is 433 g/mol. The molecule has 30 heavy (non-hydrogen) atoms. The van der Waals surface area contributed by atoms with Gasteiger partial charge in [-0.25, -0.2) is 4.79 Å². The lowest BCUT2D eigenvalue weighted by Gasteiger charge is -2.34. The zero-order valence-electron chi connectivity index (χ0n) is 18.2. The number of hydrogen-bond donors (Lipinski definition) is 1. The summed E-state index contributed by atoms with van der Waals surface area (Å²) in [6.07, 6.45) is 9.60. The van der Waals surface area contributed by atoms with Crippen LogP contribution in [0, 0.1) is 5.92 Å². The third kappa shape index (κ3) is 5.42. The molecule has 4 rings (SSSR count). The molecular formula is C24H36ClN3O2. The van der Waals surface area contributed by atoms with Crippen molar-refractivity contribution < 1.29 is 9.53 Å². The molecule has 1 aliphatic carbocycles. The van der Waals surface area contributed by atoms with E-state index in [0.717, 1.165) is 43.4 Å². The predicted octanol–water partition coefficient (Wildman–Crippen LogP) is 4.72. The molecule has 0 aromatic heterocycles. The number of nitrogens with zero attached hydrogens (tertiary/aromatic N) is 2. The molecule has 1 saturated carbocycles. The summed E-state index contributed by atoms with van der Waals surface area (Å²) in [6, 6.07) is 6.90. The molecule has 2 amide bonds. The van der Waals surface area contributed by atoms with Crippen LogP contribution in [0.5, 0.6) is 5.75 Å². The highest BCUT2D eigenvalue weighted by molar-refractivity contribution is 6.31. The van der Waals surface area contributed by atoms with Crippen molar-refractivity contribution >= 4 is 17.6 Å². The number of likely N-dealkylation sites (tertiary alicyclic amines) is 1. The van der Waals surface area contributed by atoms with Gasteiger partial charge in [-0.3, -0.25) is 0 Å². The summed E-state index contributed by atoms with van der Waals surface area (Å²) >= 11 is 6.44. The van der Waals surface area contributed by atoms with Crippen LogP contribution in [0.4, 0.5) is 4.79 Å². The first-order valence-electron chi connectivity index (χ1n) is 11.8. The average Bonchev–Trinajstić information content (AvgIpc) is 3.13. The van der Waals surface area contributed by atoms with Gasteiger partial charge < -0.3 is 19.9 Å². The normalized spacial score (nSPS) is 24.3. The third-order valence-corrected chi connectivity index (χ3v) is 7.41. The molecule has 0 spiro atoms. The Morgan fingerprint density at radius 2 is 1.90 bits per heavy atom. The molecule has 3 fully saturated rings. The highest BCUT2D eigenvalue weighted by atomic mass is 35.5. The van der Waals surface area contributed by atoms with Gasteiger partial charge in [0, 0.05) is 24.2 Å². The molecular weight excluding hydrogens is 398 g/mol. The van der Waals surface area contributed by atoms with Crippen molar-refractivity contribution in [3.05, 3.63) is 28.8 Å². The maximum absolute atomic E-state index is 12.5. The minimum absolute atomic E-state index is 0.158. The molecule has 2 heterocycles. The van der Waals surface area contributed by atoms with Crippen LogP contribution in [0.1, 0.15) is 57.4 Å². The lowest BCUT2D eigenvalue weighted by molar-refractivity contribution is 0.163. The fraction of sp³-hybridized carbons (Fsp3) is 0.708. The van der Waals surface area contributed by atoms with Gasteiger partial charge in [0.25, 0.3) is 0 Å². The van der Waals surface area contributed by atoms with E-state index in [9.17, 15) is 4.79 Å². The summed E-state index contributed by atoms with van der Waals surface area (Å²) in [5.74, 6) is 1.57. The summed E-state index contributed by atoms with van der Waals surface area (Å²) in [4.78, 5) is 17.1. The van der Waals surface area contributed by atoms with Crippen LogP contribution in [0.3, 0.4) is 0 Å². The largest absolute Gasteiger partial charge is 0.494 e. The van der Waals surface area contributed by atoms with Crippen LogP contribution < -0.4 is 10.1 Å². The van der Waals surface area contributed by atoms with E-state index in [-0.39, 0.29) is 12.1 Å². The number of carbonyl (C=O) groups excluding carboxylic acids is 1. The minimum atomic E-state index is 0.158. The van der Waals surface area contributed by atoms with E-state index in [4.69, 9.17) is 16.3 Å². The number of benzene rings is 1. The third-order valence-electron chi connectivity index (χ3n) is 7.04. The maximum Gasteiger partial charge on any atom is 0.318 e. The number of hydrogen-bond acceptors (Lipinski definition) is 3. The number of carbonyl (C=O) groups is 1. The molecule has 5 nitrogen and oxygen atoms in total. The molecule has 1 unspecified atom stereocenters. The Balaban J connectivity index is 1.23. The molecule has 1 atom stereocenters. The van der Waals surface area contributed by atoms with Crippen molar-refractivity contribution in [2.45, 2.75) is 70.4 Å². The van der Waals surface area contributed by atoms with E-state index >= 15 is 0 Å².